The normalized spacial score (nSPS) is 19.7. The first-order chi connectivity index (χ1) is 9.15. The first-order valence-electron chi connectivity index (χ1n) is 6.75. The monoisotopic (exact) mass is 284 g/mol. The fraction of sp³-hybridized carbons (Fsp3) is 0.692. The van der Waals surface area contributed by atoms with Crippen LogP contribution in [0.25, 0.3) is 0 Å². The molecule has 1 fully saturated rings. The Morgan fingerprint density at radius 1 is 1.58 bits per heavy atom. The third-order valence-corrected chi connectivity index (χ3v) is 4.38. The molecule has 2 heterocycles. The second-order valence-electron chi connectivity index (χ2n) is 4.67. The molecule has 1 aliphatic heterocycles. The van der Waals surface area contributed by atoms with Crippen molar-refractivity contribution in [3.63, 3.8) is 0 Å². The van der Waals surface area contributed by atoms with Gasteiger partial charge in [-0.05, 0) is 12.8 Å². The molecule has 6 heteroatoms. The second-order valence-corrected chi connectivity index (χ2v) is 5.65. The lowest BCUT2D eigenvalue weighted by Gasteiger charge is -2.32. The smallest absolute Gasteiger partial charge is 0.347 e. The van der Waals surface area contributed by atoms with Crippen molar-refractivity contribution in [3.8, 4) is 0 Å². The number of hydrogen-bond donors (Lipinski definition) is 1. The van der Waals surface area contributed by atoms with Crippen molar-refractivity contribution < 1.29 is 14.6 Å². The van der Waals surface area contributed by atoms with E-state index in [1.54, 1.807) is 0 Å². The molecule has 5 nitrogen and oxygen atoms in total. The number of carboxylic acids is 1. The van der Waals surface area contributed by atoms with Gasteiger partial charge in [0, 0.05) is 13.1 Å². The molecule has 0 aromatic carbocycles. The fourth-order valence-corrected chi connectivity index (χ4v) is 3.17. The Morgan fingerprint density at radius 3 is 3.00 bits per heavy atom. The SMILES string of the molecule is CCCc1nc(N2CCOC(CC)C2)sc1C(=O)O. The van der Waals surface area contributed by atoms with Gasteiger partial charge >= 0.3 is 5.97 Å². The summed E-state index contributed by atoms with van der Waals surface area (Å²) in [5, 5.41) is 10.1. The van der Waals surface area contributed by atoms with E-state index in [1.165, 1.54) is 11.3 Å². The van der Waals surface area contributed by atoms with Crippen LogP contribution >= 0.6 is 11.3 Å². The van der Waals surface area contributed by atoms with Crippen molar-refractivity contribution in [1.82, 2.24) is 4.98 Å². The van der Waals surface area contributed by atoms with E-state index < -0.39 is 5.97 Å². The summed E-state index contributed by atoms with van der Waals surface area (Å²) in [6, 6.07) is 0. The average molecular weight is 284 g/mol. The Bertz CT molecular complexity index is 447. The zero-order chi connectivity index (χ0) is 13.8. The van der Waals surface area contributed by atoms with Crippen molar-refractivity contribution >= 4 is 22.4 Å². The molecule has 0 amide bonds. The number of thiazole rings is 1. The molecule has 1 N–H and O–H groups in total. The van der Waals surface area contributed by atoms with Crippen LogP contribution in [0.3, 0.4) is 0 Å². The van der Waals surface area contributed by atoms with Crippen molar-refractivity contribution in [2.45, 2.75) is 39.2 Å². The lowest BCUT2D eigenvalue weighted by Crippen LogP contribution is -2.42. The molecule has 1 aromatic rings. The summed E-state index contributed by atoms with van der Waals surface area (Å²) in [4.78, 5) is 18.3. The molecule has 19 heavy (non-hydrogen) atoms. The summed E-state index contributed by atoms with van der Waals surface area (Å²) in [7, 11) is 0. The van der Waals surface area contributed by atoms with Crippen LogP contribution in [-0.4, -0.2) is 41.9 Å². The standard InChI is InChI=1S/C13H20N2O3S/c1-3-5-10-11(12(16)17)19-13(14-10)15-6-7-18-9(4-2)8-15/h9H,3-8H2,1-2H3,(H,16,17). The molecular weight excluding hydrogens is 264 g/mol. The second kappa shape index (κ2) is 6.34. The van der Waals surface area contributed by atoms with Gasteiger partial charge in [-0.25, -0.2) is 9.78 Å². The van der Waals surface area contributed by atoms with Crippen LogP contribution < -0.4 is 4.90 Å². The van der Waals surface area contributed by atoms with E-state index in [0.717, 1.165) is 43.2 Å². The van der Waals surface area contributed by atoms with Gasteiger partial charge in [0.25, 0.3) is 0 Å². The van der Waals surface area contributed by atoms with Gasteiger partial charge in [-0.1, -0.05) is 31.6 Å². The highest BCUT2D eigenvalue weighted by atomic mass is 32.1. The van der Waals surface area contributed by atoms with Gasteiger partial charge < -0.3 is 14.7 Å². The minimum absolute atomic E-state index is 0.223. The summed E-state index contributed by atoms with van der Waals surface area (Å²) < 4.78 is 5.63. The number of morpholine rings is 1. The maximum Gasteiger partial charge on any atom is 0.347 e. The van der Waals surface area contributed by atoms with Crippen molar-refractivity contribution in [1.29, 1.82) is 0 Å². The third kappa shape index (κ3) is 3.25. The number of aryl methyl sites for hydroxylation is 1. The molecule has 1 aliphatic rings. The van der Waals surface area contributed by atoms with Crippen LogP contribution in [0.5, 0.6) is 0 Å². The largest absolute Gasteiger partial charge is 0.477 e. The lowest BCUT2D eigenvalue weighted by atomic mass is 10.2. The first kappa shape index (κ1) is 14.3. The first-order valence-corrected chi connectivity index (χ1v) is 7.56. The van der Waals surface area contributed by atoms with Gasteiger partial charge in [0.05, 0.1) is 18.4 Å². The molecule has 0 spiro atoms. The Kier molecular flexibility index (Phi) is 4.76. The Labute approximate surface area is 117 Å². The predicted octanol–water partition coefficient (Wildman–Crippen LogP) is 2.41. The molecule has 1 saturated heterocycles. The number of hydrogen-bond acceptors (Lipinski definition) is 5. The molecule has 1 atom stereocenters. The molecule has 0 radical (unpaired) electrons. The minimum atomic E-state index is -0.868. The van der Waals surface area contributed by atoms with Gasteiger partial charge in [-0.3, -0.25) is 0 Å². The predicted molar refractivity (Wildman–Crippen MR) is 75.3 cm³/mol. The highest BCUT2D eigenvalue weighted by Crippen LogP contribution is 2.29. The number of aromatic nitrogens is 1. The quantitative estimate of drug-likeness (QED) is 0.899. The molecule has 2 rings (SSSR count). The number of carboxylic acid groups (broad SMARTS) is 1. The Balaban J connectivity index is 2.19. The van der Waals surface area contributed by atoms with E-state index in [2.05, 4.69) is 16.8 Å². The van der Waals surface area contributed by atoms with E-state index >= 15 is 0 Å². The summed E-state index contributed by atoms with van der Waals surface area (Å²) in [5.74, 6) is -0.868. The number of anilines is 1. The molecule has 1 aromatic heterocycles. The van der Waals surface area contributed by atoms with Crippen LogP contribution in [-0.2, 0) is 11.2 Å². The third-order valence-electron chi connectivity index (χ3n) is 3.23. The van der Waals surface area contributed by atoms with E-state index in [4.69, 9.17) is 4.74 Å². The lowest BCUT2D eigenvalue weighted by molar-refractivity contribution is 0.0384. The van der Waals surface area contributed by atoms with Crippen LogP contribution in [0.2, 0.25) is 0 Å². The maximum atomic E-state index is 11.2. The minimum Gasteiger partial charge on any atom is -0.477 e. The summed E-state index contributed by atoms with van der Waals surface area (Å²) in [5.41, 5.74) is 0.717. The summed E-state index contributed by atoms with van der Waals surface area (Å²) in [6.07, 6.45) is 2.82. The molecular formula is C13H20N2O3S. The summed E-state index contributed by atoms with van der Waals surface area (Å²) in [6.45, 7) is 6.40. The van der Waals surface area contributed by atoms with Crippen LogP contribution in [0.1, 0.15) is 42.1 Å². The van der Waals surface area contributed by atoms with Crippen LogP contribution in [0.4, 0.5) is 5.13 Å². The molecule has 0 aliphatic carbocycles. The topological polar surface area (TPSA) is 62.7 Å². The van der Waals surface area contributed by atoms with Gasteiger partial charge in [-0.2, -0.15) is 0 Å². The van der Waals surface area contributed by atoms with Gasteiger partial charge in [-0.15, -0.1) is 0 Å². The van der Waals surface area contributed by atoms with E-state index in [9.17, 15) is 9.90 Å². The van der Waals surface area contributed by atoms with Crippen molar-refractivity contribution in [2.24, 2.45) is 0 Å². The summed E-state index contributed by atoms with van der Waals surface area (Å²) >= 11 is 1.29. The Morgan fingerprint density at radius 2 is 2.37 bits per heavy atom. The zero-order valence-corrected chi connectivity index (χ0v) is 12.2. The van der Waals surface area contributed by atoms with E-state index in [-0.39, 0.29) is 6.10 Å². The van der Waals surface area contributed by atoms with Crippen molar-refractivity contribution in [3.05, 3.63) is 10.6 Å². The van der Waals surface area contributed by atoms with E-state index in [1.807, 2.05) is 6.92 Å². The van der Waals surface area contributed by atoms with E-state index in [0.29, 0.717) is 11.5 Å². The van der Waals surface area contributed by atoms with Gasteiger partial charge in [0.1, 0.15) is 4.88 Å². The molecule has 106 valence electrons. The zero-order valence-electron chi connectivity index (χ0n) is 11.4. The highest BCUT2D eigenvalue weighted by Gasteiger charge is 2.24. The Hall–Kier alpha value is -1.14. The molecule has 0 bridgehead atoms. The highest BCUT2D eigenvalue weighted by molar-refractivity contribution is 7.17. The average Bonchev–Trinajstić information content (AvgIpc) is 2.83. The molecule has 0 saturated carbocycles. The molecule has 1 unspecified atom stereocenters. The number of nitrogens with zero attached hydrogens (tertiary/aromatic N) is 2. The number of rotatable bonds is 5. The van der Waals surface area contributed by atoms with Crippen LogP contribution in [0.15, 0.2) is 0 Å². The van der Waals surface area contributed by atoms with Gasteiger partial charge in [0.15, 0.2) is 5.13 Å². The van der Waals surface area contributed by atoms with Crippen LogP contribution in [0, 0.1) is 0 Å². The number of aromatic carboxylic acids is 1. The van der Waals surface area contributed by atoms with Gasteiger partial charge in [0.2, 0.25) is 0 Å². The van der Waals surface area contributed by atoms with Crippen molar-refractivity contribution in [2.75, 3.05) is 24.6 Å². The fourth-order valence-electron chi connectivity index (χ4n) is 2.19. The number of ether oxygens (including phenoxy) is 1. The number of carbonyl (C=O) groups is 1. The maximum absolute atomic E-state index is 11.2.